The summed E-state index contributed by atoms with van der Waals surface area (Å²) >= 11 is 1.70. The highest BCUT2D eigenvalue weighted by atomic mass is 32.2. The number of carbonyl (C=O) groups is 1. The van der Waals surface area contributed by atoms with Gasteiger partial charge in [-0.3, -0.25) is 4.79 Å². The van der Waals surface area contributed by atoms with E-state index in [1.165, 1.54) is 212 Å². The minimum Gasteiger partial charge on any atom is -0.480 e. The average Bonchev–Trinajstić information content (AvgIpc) is 3.25. The SMILES string of the molecule is CCCCCC/C=C\CCCCCCCCN[C@@H](CSCC(COCCCCCCCC/C=C\CCCCCC)OCCCCCCCC/C=C\CCCCCC)C(=O)O. The first-order chi connectivity index (χ1) is 29.7. The van der Waals surface area contributed by atoms with Gasteiger partial charge in [-0.15, -0.1) is 0 Å². The summed E-state index contributed by atoms with van der Waals surface area (Å²) in [6.45, 7) is 9.74. The second kappa shape index (κ2) is 52.3. The van der Waals surface area contributed by atoms with Gasteiger partial charge < -0.3 is 19.9 Å². The maximum absolute atomic E-state index is 12.1. The van der Waals surface area contributed by atoms with Crippen molar-refractivity contribution in [1.29, 1.82) is 0 Å². The van der Waals surface area contributed by atoms with Crippen molar-refractivity contribution in [3.05, 3.63) is 36.5 Å². The zero-order chi connectivity index (χ0) is 43.5. The molecule has 0 rings (SSSR count). The highest BCUT2D eigenvalue weighted by molar-refractivity contribution is 7.99. The van der Waals surface area contributed by atoms with Gasteiger partial charge in [-0.2, -0.15) is 11.8 Å². The highest BCUT2D eigenvalue weighted by Gasteiger charge is 2.18. The van der Waals surface area contributed by atoms with Gasteiger partial charge in [-0.05, 0) is 103 Å². The van der Waals surface area contributed by atoms with Gasteiger partial charge in [-0.25, -0.2) is 0 Å². The first kappa shape index (κ1) is 58.9. The van der Waals surface area contributed by atoms with E-state index in [0.29, 0.717) is 12.4 Å². The van der Waals surface area contributed by atoms with Gasteiger partial charge in [-0.1, -0.05) is 192 Å². The van der Waals surface area contributed by atoms with Gasteiger partial charge in [0.15, 0.2) is 0 Å². The molecule has 0 heterocycles. The van der Waals surface area contributed by atoms with Gasteiger partial charge >= 0.3 is 5.97 Å². The lowest BCUT2D eigenvalue weighted by molar-refractivity contribution is -0.138. The smallest absolute Gasteiger partial charge is 0.321 e. The van der Waals surface area contributed by atoms with Gasteiger partial charge in [0, 0.05) is 24.7 Å². The maximum Gasteiger partial charge on any atom is 0.321 e. The third-order valence-electron chi connectivity index (χ3n) is 11.6. The first-order valence-electron chi connectivity index (χ1n) is 26.3. The van der Waals surface area contributed by atoms with Crippen molar-refractivity contribution in [3.63, 3.8) is 0 Å². The standard InChI is InChI=1S/C54H103NO4S/c1-4-7-10-13-16-19-22-25-28-31-34-37-40-43-46-55-53(54(56)57)51-60-50-52(59-48-45-42-39-36-33-30-27-24-21-18-15-12-9-6-3)49-58-47-44-41-38-35-32-29-26-23-20-17-14-11-8-5-2/h19-24,52-53,55H,4-18,25-51H2,1-3H3,(H,56,57)/b22-19-,23-20-,24-21-/t52?,53-/m0/s1. The molecule has 0 fully saturated rings. The molecule has 0 amide bonds. The van der Waals surface area contributed by atoms with Crippen LogP contribution in [0.2, 0.25) is 0 Å². The Labute approximate surface area is 379 Å². The maximum atomic E-state index is 12.1. The van der Waals surface area contributed by atoms with Crippen molar-refractivity contribution in [2.24, 2.45) is 0 Å². The highest BCUT2D eigenvalue weighted by Crippen LogP contribution is 2.15. The van der Waals surface area contributed by atoms with Crippen LogP contribution in [0.5, 0.6) is 0 Å². The molecule has 0 aliphatic heterocycles. The van der Waals surface area contributed by atoms with Crippen LogP contribution in [0.15, 0.2) is 36.5 Å². The van der Waals surface area contributed by atoms with E-state index in [2.05, 4.69) is 62.5 Å². The summed E-state index contributed by atoms with van der Waals surface area (Å²) in [5.41, 5.74) is 0. The zero-order valence-electron chi connectivity index (χ0n) is 40.4. The largest absolute Gasteiger partial charge is 0.480 e. The third kappa shape index (κ3) is 48.0. The quantitative estimate of drug-likeness (QED) is 0.0469. The van der Waals surface area contributed by atoms with Crippen LogP contribution < -0.4 is 5.32 Å². The molecule has 6 heteroatoms. The van der Waals surface area contributed by atoms with Crippen LogP contribution in [0, 0.1) is 0 Å². The monoisotopic (exact) mass is 862 g/mol. The number of thioether (sulfide) groups is 1. The molecule has 0 aliphatic rings. The molecule has 0 saturated carbocycles. The molecule has 0 aromatic heterocycles. The van der Waals surface area contributed by atoms with Crippen molar-refractivity contribution >= 4 is 17.7 Å². The summed E-state index contributed by atoms with van der Waals surface area (Å²) in [6, 6.07) is -0.516. The number of carboxylic acid groups (broad SMARTS) is 1. The van der Waals surface area contributed by atoms with E-state index in [1.54, 1.807) is 11.8 Å². The van der Waals surface area contributed by atoms with Crippen LogP contribution in [0.1, 0.15) is 252 Å². The van der Waals surface area contributed by atoms with E-state index in [0.717, 1.165) is 44.8 Å². The fraction of sp³-hybridized carbons (Fsp3) is 0.870. The Hall–Kier alpha value is -1.08. The van der Waals surface area contributed by atoms with Crippen LogP contribution in [-0.4, -0.2) is 61.1 Å². The van der Waals surface area contributed by atoms with Gasteiger partial charge in [0.2, 0.25) is 0 Å². The Morgan fingerprint density at radius 2 is 0.817 bits per heavy atom. The third-order valence-corrected chi connectivity index (χ3v) is 12.8. The van der Waals surface area contributed by atoms with Crippen molar-refractivity contribution < 1.29 is 19.4 Å². The zero-order valence-corrected chi connectivity index (χ0v) is 41.2. The van der Waals surface area contributed by atoms with E-state index in [-0.39, 0.29) is 6.10 Å². The molecule has 5 nitrogen and oxygen atoms in total. The molecule has 60 heavy (non-hydrogen) atoms. The lowest BCUT2D eigenvalue weighted by Gasteiger charge is -2.20. The van der Waals surface area contributed by atoms with Crippen molar-refractivity contribution in [1.82, 2.24) is 5.32 Å². The summed E-state index contributed by atoms with van der Waals surface area (Å²) < 4.78 is 12.5. The molecule has 2 atom stereocenters. The topological polar surface area (TPSA) is 67.8 Å². The molecule has 0 aromatic carbocycles. The molecule has 0 bridgehead atoms. The lowest BCUT2D eigenvalue weighted by Crippen LogP contribution is -2.39. The van der Waals surface area contributed by atoms with Crippen molar-refractivity contribution in [2.45, 2.75) is 264 Å². The van der Waals surface area contributed by atoms with Gasteiger partial charge in [0.1, 0.15) is 6.04 Å². The van der Waals surface area contributed by atoms with Crippen LogP contribution in [-0.2, 0) is 14.3 Å². The van der Waals surface area contributed by atoms with Gasteiger partial charge in [0.25, 0.3) is 0 Å². The number of carboxylic acids is 1. The summed E-state index contributed by atoms with van der Waals surface area (Å²) in [5, 5.41) is 13.3. The lowest BCUT2D eigenvalue weighted by atomic mass is 10.1. The summed E-state index contributed by atoms with van der Waals surface area (Å²) in [5.74, 6) is 0.588. The molecule has 354 valence electrons. The predicted octanol–water partition coefficient (Wildman–Crippen LogP) is 16.9. The molecule has 0 spiro atoms. The van der Waals surface area contributed by atoms with Gasteiger partial charge in [0.05, 0.1) is 12.7 Å². The van der Waals surface area contributed by atoms with Crippen molar-refractivity contribution in [3.8, 4) is 0 Å². The molecule has 0 aromatic rings. The van der Waals surface area contributed by atoms with Crippen molar-refractivity contribution in [2.75, 3.05) is 37.9 Å². The van der Waals surface area contributed by atoms with Crippen LogP contribution in [0.4, 0.5) is 0 Å². The summed E-state index contributed by atoms with van der Waals surface area (Å²) in [6.07, 6.45) is 60.3. The summed E-state index contributed by atoms with van der Waals surface area (Å²) in [4.78, 5) is 12.1. The fourth-order valence-corrected chi connectivity index (χ4v) is 8.62. The molecular formula is C54H103NO4S. The number of allylic oxidation sites excluding steroid dienone is 6. The molecular weight excluding hydrogens is 759 g/mol. The minimum absolute atomic E-state index is 0.0131. The minimum atomic E-state index is -0.748. The molecule has 0 aliphatic carbocycles. The number of nitrogens with one attached hydrogen (secondary N) is 1. The molecule has 1 unspecified atom stereocenters. The van der Waals surface area contributed by atoms with E-state index in [1.807, 2.05) is 0 Å². The second-order valence-corrected chi connectivity index (χ2v) is 18.7. The number of hydrogen-bond acceptors (Lipinski definition) is 5. The fourth-order valence-electron chi connectivity index (χ4n) is 7.53. The molecule has 0 saturated heterocycles. The Bertz CT molecular complexity index is 923. The summed E-state index contributed by atoms with van der Waals surface area (Å²) in [7, 11) is 0. The van der Waals surface area contributed by atoms with E-state index in [4.69, 9.17) is 9.47 Å². The normalized spacial score (nSPS) is 13.1. The number of aliphatic carboxylic acids is 1. The Morgan fingerprint density at radius 1 is 0.467 bits per heavy atom. The molecule has 0 radical (unpaired) electrons. The van der Waals surface area contributed by atoms with E-state index >= 15 is 0 Å². The Morgan fingerprint density at radius 3 is 1.22 bits per heavy atom. The average molecular weight is 862 g/mol. The Balaban J connectivity index is 4.33. The number of unbranched alkanes of at least 4 members (excludes halogenated alkanes) is 30. The second-order valence-electron chi connectivity index (χ2n) is 17.6. The molecule has 2 N–H and O–H groups in total. The van der Waals surface area contributed by atoms with Crippen LogP contribution in [0.3, 0.4) is 0 Å². The Kier molecular flexibility index (Phi) is 51.3. The van der Waals surface area contributed by atoms with Crippen LogP contribution >= 0.6 is 11.8 Å². The number of hydrogen-bond donors (Lipinski definition) is 2. The van der Waals surface area contributed by atoms with E-state index in [9.17, 15) is 9.90 Å². The van der Waals surface area contributed by atoms with Crippen LogP contribution in [0.25, 0.3) is 0 Å². The van der Waals surface area contributed by atoms with E-state index < -0.39 is 12.0 Å². The first-order valence-corrected chi connectivity index (χ1v) is 27.5. The predicted molar refractivity (Wildman–Crippen MR) is 268 cm³/mol. The number of rotatable bonds is 51. The number of ether oxygens (including phenoxy) is 2.